The summed E-state index contributed by atoms with van der Waals surface area (Å²) in [5.74, 6) is 0.0243. The van der Waals surface area contributed by atoms with Crippen molar-refractivity contribution in [1.29, 1.82) is 0 Å². The van der Waals surface area contributed by atoms with E-state index in [0.717, 1.165) is 35.4 Å². The number of anilines is 2. The second-order valence-corrected chi connectivity index (χ2v) is 6.66. The summed E-state index contributed by atoms with van der Waals surface area (Å²) in [5.41, 5.74) is 2.67. The van der Waals surface area contributed by atoms with Crippen molar-refractivity contribution in [1.82, 2.24) is 4.98 Å². The van der Waals surface area contributed by atoms with E-state index >= 15 is 0 Å². The maximum Gasteiger partial charge on any atom is 0.258 e. The Labute approximate surface area is 151 Å². The Morgan fingerprint density at radius 3 is 2.65 bits per heavy atom. The van der Waals surface area contributed by atoms with Crippen LogP contribution in [0.4, 0.5) is 15.9 Å². The summed E-state index contributed by atoms with van der Waals surface area (Å²) in [7, 11) is 0. The molecule has 0 spiro atoms. The number of fused-ring (bicyclic) bond motifs is 1. The van der Waals surface area contributed by atoms with Gasteiger partial charge in [-0.3, -0.25) is 4.79 Å². The summed E-state index contributed by atoms with van der Waals surface area (Å²) < 4.78 is 13.8. The van der Waals surface area contributed by atoms with Crippen LogP contribution in [0.5, 0.6) is 0 Å². The Bertz CT molecular complexity index is 980. The maximum atomic E-state index is 13.8. The van der Waals surface area contributed by atoms with Crippen molar-refractivity contribution >= 4 is 28.3 Å². The number of nitrogens with one attached hydrogen (secondary N) is 1. The van der Waals surface area contributed by atoms with Crippen LogP contribution in [0.15, 0.2) is 48.5 Å². The van der Waals surface area contributed by atoms with Crippen molar-refractivity contribution in [2.45, 2.75) is 19.8 Å². The van der Waals surface area contributed by atoms with Crippen LogP contribution in [0.25, 0.3) is 10.9 Å². The topological polar surface area (TPSA) is 45.2 Å². The van der Waals surface area contributed by atoms with Crippen molar-refractivity contribution in [3.05, 3.63) is 65.5 Å². The van der Waals surface area contributed by atoms with Gasteiger partial charge in [0.15, 0.2) is 0 Å². The van der Waals surface area contributed by atoms with Gasteiger partial charge in [0.25, 0.3) is 5.91 Å². The number of benzene rings is 2. The van der Waals surface area contributed by atoms with Gasteiger partial charge in [0.2, 0.25) is 0 Å². The normalized spacial score (nSPS) is 14.0. The monoisotopic (exact) mass is 349 g/mol. The minimum absolute atomic E-state index is 0.0341. The molecular weight excluding hydrogens is 329 g/mol. The van der Waals surface area contributed by atoms with Crippen molar-refractivity contribution in [3.8, 4) is 0 Å². The molecule has 1 aromatic heterocycles. The molecule has 1 aliphatic heterocycles. The lowest BCUT2D eigenvalue weighted by Gasteiger charge is -2.18. The van der Waals surface area contributed by atoms with Crippen LogP contribution in [-0.4, -0.2) is 24.0 Å². The van der Waals surface area contributed by atoms with Gasteiger partial charge in [-0.05, 0) is 61.7 Å². The molecule has 0 atom stereocenters. The molecule has 1 saturated heterocycles. The molecule has 0 radical (unpaired) electrons. The first kappa shape index (κ1) is 16.5. The van der Waals surface area contributed by atoms with Gasteiger partial charge in [-0.1, -0.05) is 12.1 Å². The molecule has 0 bridgehead atoms. The zero-order valence-corrected chi connectivity index (χ0v) is 14.6. The molecule has 5 heteroatoms. The van der Waals surface area contributed by atoms with E-state index < -0.39 is 11.7 Å². The van der Waals surface area contributed by atoms with Crippen LogP contribution in [0.3, 0.4) is 0 Å². The number of amides is 1. The fraction of sp³-hybridized carbons (Fsp3) is 0.238. The summed E-state index contributed by atoms with van der Waals surface area (Å²) in [6.07, 6.45) is 2.42. The summed E-state index contributed by atoms with van der Waals surface area (Å²) in [6.45, 7) is 4.15. The molecule has 2 heterocycles. The molecule has 132 valence electrons. The number of aromatic nitrogens is 1. The van der Waals surface area contributed by atoms with Gasteiger partial charge in [-0.2, -0.15) is 0 Å². The predicted octanol–water partition coefficient (Wildman–Crippen LogP) is 4.53. The second-order valence-electron chi connectivity index (χ2n) is 6.66. The van der Waals surface area contributed by atoms with Crippen molar-refractivity contribution in [2.75, 3.05) is 23.3 Å². The fourth-order valence-corrected chi connectivity index (χ4v) is 3.41. The molecule has 1 N–H and O–H groups in total. The Hall–Kier alpha value is -2.95. The molecule has 2 aromatic carbocycles. The van der Waals surface area contributed by atoms with Crippen molar-refractivity contribution in [2.24, 2.45) is 0 Å². The Balaban J connectivity index is 1.63. The van der Waals surface area contributed by atoms with Gasteiger partial charge < -0.3 is 10.2 Å². The number of nitrogens with zero attached hydrogens (tertiary/aromatic N) is 2. The highest BCUT2D eigenvalue weighted by molar-refractivity contribution is 6.05. The number of aryl methyl sites for hydroxylation is 1. The second kappa shape index (κ2) is 6.75. The van der Waals surface area contributed by atoms with E-state index in [2.05, 4.69) is 16.3 Å². The van der Waals surface area contributed by atoms with Crippen LogP contribution in [-0.2, 0) is 0 Å². The molecular formula is C21H20FN3O. The molecule has 1 aliphatic rings. The quantitative estimate of drug-likeness (QED) is 0.755. The maximum absolute atomic E-state index is 13.8. The van der Waals surface area contributed by atoms with E-state index in [4.69, 9.17) is 4.98 Å². The first-order valence-electron chi connectivity index (χ1n) is 8.84. The molecule has 1 amide bonds. The van der Waals surface area contributed by atoms with Crippen LogP contribution < -0.4 is 10.2 Å². The highest BCUT2D eigenvalue weighted by Crippen LogP contribution is 2.27. The first-order valence-corrected chi connectivity index (χ1v) is 8.84. The molecule has 0 unspecified atom stereocenters. The highest BCUT2D eigenvalue weighted by atomic mass is 19.1. The summed E-state index contributed by atoms with van der Waals surface area (Å²) in [4.78, 5) is 19.4. The van der Waals surface area contributed by atoms with Gasteiger partial charge in [-0.25, -0.2) is 9.37 Å². The van der Waals surface area contributed by atoms with Crippen molar-refractivity contribution in [3.63, 3.8) is 0 Å². The third kappa shape index (κ3) is 3.12. The number of halogens is 1. The van der Waals surface area contributed by atoms with E-state index in [0.29, 0.717) is 5.69 Å². The van der Waals surface area contributed by atoms with Gasteiger partial charge in [0.05, 0.1) is 11.1 Å². The van der Waals surface area contributed by atoms with Crippen LogP contribution in [0.2, 0.25) is 0 Å². The van der Waals surface area contributed by atoms with Gasteiger partial charge in [0, 0.05) is 24.2 Å². The average Bonchev–Trinajstić information content (AvgIpc) is 3.17. The molecule has 4 nitrogen and oxygen atoms in total. The number of hydrogen-bond donors (Lipinski definition) is 1. The minimum Gasteiger partial charge on any atom is -0.357 e. The minimum atomic E-state index is -0.529. The summed E-state index contributed by atoms with van der Waals surface area (Å²) in [6, 6.07) is 13.7. The zero-order chi connectivity index (χ0) is 18.1. The number of carbonyl (C=O) groups excluding carboxylic acids is 1. The lowest BCUT2D eigenvalue weighted by atomic mass is 10.1. The molecule has 0 saturated carbocycles. The summed E-state index contributed by atoms with van der Waals surface area (Å²) >= 11 is 0. The average molecular weight is 349 g/mol. The smallest absolute Gasteiger partial charge is 0.258 e. The van der Waals surface area contributed by atoms with Gasteiger partial charge in [0.1, 0.15) is 11.6 Å². The lowest BCUT2D eigenvalue weighted by molar-refractivity contribution is 0.102. The molecule has 4 rings (SSSR count). The van der Waals surface area contributed by atoms with E-state index in [1.54, 1.807) is 18.2 Å². The van der Waals surface area contributed by atoms with E-state index in [9.17, 15) is 9.18 Å². The molecule has 26 heavy (non-hydrogen) atoms. The zero-order valence-electron chi connectivity index (χ0n) is 14.6. The Morgan fingerprint density at radius 2 is 1.88 bits per heavy atom. The summed E-state index contributed by atoms with van der Waals surface area (Å²) in [5, 5.41) is 3.76. The molecule has 0 aliphatic carbocycles. The van der Waals surface area contributed by atoms with Crippen LogP contribution >= 0.6 is 0 Å². The van der Waals surface area contributed by atoms with Crippen LogP contribution in [0, 0.1) is 12.7 Å². The number of pyridine rings is 1. The Morgan fingerprint density at radius 1 is 1.12 bits per heavy atom. The SMILES string of the molecule is Cc1cc(N2CCCC2)nc2ccc(NC(=O)c3ccccc3F)cc12. The number of rotatable bonds is 3. The molecule has 3 aromatic rings. The van der Waals surface area contributed by atoms with Crippen LogP contribution in [0.1, 0.15) is 28.8 Å². The van der Waals surface area contributed by atoms with E-state index in [1.165, 1.54) is 25.0 Å². The highest BCUT2D eigenvalue weighted by Gasteiger charge is 2.16. The van der Waals surface area contributed by atoms with Gasteiger partial charge >= 0.3 is 0 Å². The first-order chi connectivity index (χ1) is 12.6. The predicted molar refractivity (Wildman–Crippen MR) is 102 cm³/mol. The number of hydrogen-bond acceptors (Lipinski definition) is 3. The fourth-order valence-electron chi connectivity index (χ4n) is 3.41. The third-order valence-corrected chi connectivity index (χ3v) is 4.81. The standard InChI is InChI=1S/C21H20FN3O/c1-14-12-20(25-10-4-5-11-25)24-19-9-8-15(13-17(14)19)23-21(26)16-6-2-3-7-18(16)22/h2-3,6-9,12-13H,4-5,10-11H2,1H3,(H,23,26). The van der Waals surface area contributed by atoms with E-state index in [1.807, 2.05) is 19.1 Å². The Kier molecular flexibility index (Phi) is 4.29. The number of carbonyl (C=O) groups is 1. The third-order valence-electron chi connectivity index (χ3n) is 4.81. The van der Waals surface area contributed by atoms with Crippen molar-refractivity contribution < 1.29 is 9.18 Å². The van der Waals surface area contributed by atoms with Gasteiger partial charge in [-0.15, -0.1) is 0 Å². The lowest BCUT2D eigenvalue weighted by Crippen LogP contribution is -2.19. The largest absolute Gasteiger partial charge is 0.357 e. The molecule has 1 fully saturated rings. The van der Waals surface area contributed by atoms with E-state index in [-0.39, 0.29) is 5.56 Å².